The number of ether oxygens (including phenoxy) is 1. The molecular formula is C23H38FN3O3S. The summed E-state index contributed by atoms with van der Waals surface area (Å²) in [6.07, 6.45) is 3.80. The Balaban J connectivity index is 1.53. The summed E-state index contributed by atoms with van der Waals surface area (Å²) >= 11 is 0. The van der Waals surface area contributed by atoms with Gasteiger partial charge in [-0.2, -0.15) is 0 Å². The number of morpholine rings is 1. The number of nitrogens with zero attached hydrogens (tertiary/aromatic N) is 1. The molecule has 0 radical (unpaired) electrons. The van der Waals surface area contributed by atoms with Crippen LogP contribution in [0.5, 0.6) is 0 Å². The molecule has 2 N–H and O–H groups in total. The summed E-state index contributed by atoms with van der Waals surface area (Å²) in [7, 11) is -3.32. The molecule has 2 aliphatic rings. The van der Waals surface area contributed by atoms with E-state index in [-0.39, 0.29) is 24.1 Å². The molecule has 176 valence electrons. The van der Waals surface area contributed by atoms with Gasteiger partial charge in [-0.05, 0) is 84.4 Å². The minimum absolute atomic E-state index is 0.00606. The standard InChI is InChI=1S/C23H38FN3O3S/c1-16-14-27(15-17(2)30-16)22-11-19(24)10-21(12-22)25-13-18-6-8-20(9-7-18)26-31(28,29)23(3,4)5/h10-12,16-18,20,25-26H,6-9,13-15H2,1-5H3/t16-,17+,18?,20?. The van der Waals surface area contributed by atoms with E-state index >= 15 is 0 Å². The molecule has 0 unspecified atom stereocenters. The molecule has 1 aliphatic carbocycles. The molecule has 1 aliphatic heterocycles. The first kappa shape index (κ1) is 24.3. The van der Waals surface area contributed by atoms with Gasteiger partial charge in [0.1, 0.15) is 5.82 Å². The minimum atomic E-state index is -3.32. The van der Waals surface area contributed by atoms with Gasteiger partial charge >= 0.3 is 0 Å². The molecule has 2 fully saturated rings. The van der Waals surface area contributed by atoms with E-state index in [9.17, 15) is 12.8 Å². The first-order valence-corrected chi connectivity index (χ1v) is 12.9. The van der Waals surface area contributed by atoms with Crippen molar-refractivity contribution in [1.82, 2.24) is 4.72 Å². The predicted octanol–water partition coefficient (Wildman–Crippen LogP) is 4.13. The summed E-state index contributed by atoms with van der Waals surface area (Å²) in [5.74, 6) is 0.206. The van der Waals surface area contributed by atoms with E-state index in [1.54, 1.807) is 32.9 Å². The maximum atomic E-state index is 14.3. The molecule has 2 atom stereocenters. The maximum Gasteiger partial charge on any atom is 0.216 e. The van der Waals surface area contributed by atoms with E-state index in [1.165, 1.54) is 0 Å². The van der Waals surface area contributed by atoms with Crippen molar-refractivity contribution in [3.63, 3.8) is 0 Å². The number of nitrogens with one attached hydrogen (secondary N) is 2. The molecule has 8 heteroatoms. The lowest BCUT2D eigenvalue weighted by Gasteiger charge is -2.37. The van der Waals surface area contributed by atoms with E-state index < -0.39 is 14.8 Å². The van der Waals surface area contributed by atoms with Gasteiger partial charge in [-0.3, -0.25) is 0 Å². The van der Waals surface area contributed by atoms with Crippen LogP contribution in [0.2, 0.25) is 0 Å². The lowest BCUT2D eigenvalue weighted by atomic mass is 9.86. The number of hydrogen-bond acceptors (Lipinski definition) is 5. The monoisotopic (exact) mass is 455 g/mol. The second-order valence-corrected chi connectivity index (χ2v) is 12.7. The molecule has 0 amide bonds. The van der Waals surface area contributed by atoms with Crippen LogP contribution in [0.15, 0.2) is 18.2 Å². The number of sulfonamides is 1. The fourth-order valence-electron chi connectivity index (χ4n) is 4.39. The van der Waals surface area contributed by atoms with Crippen molar-refractivity contribution in [2.24, 2.45) is 5.92 Å². The Morgan fingerprint density at radius 2 is 1.68 bits per heavy atom. The topological polar surface area (TPSA) is 70.7 Å². The number of anilines is 2. The second-order valence-electron chi connectivity index (χ2n) is 10.2. The van der Waals surface area contributed by atoms with Gasteiger partial charge in [0.2, 0.25) is 10.0 Å². The van der Waals surface area contributed by atoms with Crippen LogP contribution in [0, 0.1) is 11.7 Å². The van der Waals surface area contributed by atoms with Crippen LogP contribution in [0.3, 0.4) is 0 Å². The molecule has 1 saturated heterocycles. The number of hydrogen-bond donors (Lipinski definition) is 2. The summed E-state index contributed by atoms with van der Waals surface area (Å²) in [5, 5.41) is 3.41. The zero-order chi connectivity index (χ0) is 22.8. The van der Waals surface area contributed by atoms with Crippen molar-refractivity contribution < 1.29 is 17.5 Å². The molecule has 0 spiro atoms. The van der Waals surface area contributed by atoms with Crippen molar-refractivity contribution in [3.8, 4) is 0 Å². The Kier molecular flexibility index (Phi) is 7.54. The highest BCUT2D eigenvalue weighted by atomic mass is 32.2. The van der Waals surface area contributed by atoms with Gasteiger partial charge in [0, 0.05) is 37.1 Å². The summed E-state index contributed by atoms with van der Waals surface area (Å²) in [6.45, 7) is 11.5. The Labute approximate surface area is 187 Å². The second kappa shape index (κ2) is 9.63. The van der Waals surface area contributed by atoms with Gasteiger partial charge in [0.25, 0.3) is 0 Å². The summed E-state index contributed by atoms with van der Waals surface area (Å²) < 4.78 is 46.9. The molecule has 0 aromatic heterocycles. The van der Waals surface area contributed by atoms with Crippen LogP contribution in [0.4, 0.5) is 15.8 Å². The highest BCUT2D eigenvalue weighted by Gasteiger charge is 2.32. The van der Waals surface area contributed by atoms with Crippen LogP contribution in [-0.4, -0.2) is 51.0 Å². The summed E-state index contributed by atoms with van der Waals surface area (Å²) in [6, 6.07) is 5.14. The summed E-state index contributed by atoms with van der Waals surface area (Å²) in [4.78, 5) is 2.18. The number of halogens is 1. The molecule has 1 saturated carbocycles. The van der Waals surface area contributed by atoms with E-state index in [4.69, 9.17) is 4.74 Å². The molecule has 1 heterocycles. The van der Waals surface area contributed by atoms with Crippen LogP contribution in [0.1, 0.15) is 60.3 Å². The summed E-state index contributed by atoms with van der Waals surface area (Å²) in [5.41, 5.74) is 1.67. The van der Waals surface area contributed by atoms with E-state index in [0.717, 1.165) is 56.7 Å². The molecule has 0 bridgehead atoms. The highest BCUT2D eigenvalue weighted by Crippen LogP contribution is 2.29. The third-order valence-corrected chi connectivity index (χ3v) is 8.49. The van der Waals surface area contributed by atoms with Crippen molar-refractivity contribution in [3.05, 3.63) is 24.0 Å². The minimum Gasteiger partial charge on any atom is -0.385 e. The van der Waals surface area contributed by atoms with Crippen LogP contribution < -0.4 is 14.9 Å². The SMILES string of the molecule is C[C@@H]1CN(c2cc(F)cc(NCC3CCC(NS(=O)(=O)C(C)(C)C)CC3)c2)C[C@H](C)O1. The van der Waals surface area contributed by atoms with E-state index in [1.807, 2.05) is 19.9 Å². The van der Waals surface area contributed by atoms with Crippen molar-refractivity contribution in [1.29, 1.82) is 0 Å². The van der Waals surface area contributed by atoms with E-state index in [2.05, 4.69) is 14.9 Å². The van der Waals surface area contributed by atoms with Crippen molar-refractivity contribution >= 4 is 21.4 Å². The molecule has 6 nitrogen and oxygen atoms in total. The van der Waals surface area contributed by atoms with Crippen molar-refractivity contribution in [2.75, 3.05) is 29.9 Å². The first-order chi connectivity index (χ1) is 14.4. The van der Waals surface area contributed by atoms with Crippen LogP contribution in [-0.2, 0) is 14.8 Å². The van der Waals surface area contributed by atoms with Gasteiger partial charge in [-0.15, -0.1) is 0 Å². The Morgan fingerprint density at radius 1 is 1.06 bits per heavy atom. The average Bonchev–Trinajstić information content (AvgIpc) is 2.65. The fraction of sp³-hybridized carbons (Fsp3) is 0.739. The van der Waals surface area contributed by atoms with Gasteiger partial charge < -0.3 is 15.0 Å². The largest absolute Gasteiger partial charge is 0.385 e. The molecular weight excluding hydrogens is 417 g/mol. The third kappa shape index (κ3) is 6.56. The number of benzene rings is 1. The smallest absolute Gasteiger partial charge is 0.216 e. The van der Waals surface area contributed by atoms with Crippen molar-refractivity contribution in [2.45, 2.75) is 83.3 Å². The number of rotatable bonds is 6. The molecule has 3 rings (SSSR count). The molecule has 1 aromatic rings. The Hall–Kier alpha value is -1.38. The van der Waals surface area contributed by atoms with E-state index in [0.29, 0.717) is 5.92 Å². The lowest BCUT2D eigenvalue weighted by Crippen LogP contribution is -2.46. The van der Waals surface area contributed by atoms with Crippen LogP contribution in [0.25, 0.3) is 0 Å². The van der Waals surface area contributed by atoms with Gasteiger partial charge in [0.05, 0.1) is 17.0 Å². The van der Waals surface area contributed by atoms with Gasteiger partial charge in [-0.25, -0.2) is 17.5 Å². The third-order valence-electron chi connectivity index (χ3n) is 6.24. The lowest BCUT2D eigenvalue weighted by molar-refractivity contribution is -0.00523. The first-order valence-electron chi connectivity index (χ1n) is 11.4. The Bertz CT molecular complexity index is 838. The fourth-order valence-corrected chi connectivity index (χ4v) is 5.42. The van der Waals surface area contributed by atoms with Crippen LogP contribution >= 0.6 is 0 Å². The average molecular weight is 456 g/mol. The maximum absolute atomic E-state index is 14.3. The van der Waals surface area contributed by atoms with Gasteiger partial charge in [-0.1, -0.05) is 0 Å². The quantitative estimate of drug-likeness (QED) is 0.675. The van der Waals surface area contributed by atoms with Gasteiger partial charge in [0.15, 0.2) is 0 Å². The normalized spacial score (nSPS) is 27.9. The Morgan fingerprint density at radius 3 is 2.26 bits per heavy atom. The zero-order valence-corrected chi connectivity index (χ0v) is 20.3. The molecule has 31 heavy (non-hydrogen) atoms. The highest BCUT2D eigenvalue weighted by molar-refractivity contribution is 7.90. The predicted molar refractivity (Wildman–Crippen MR) is 125 cm³/mol. The molecule has 1 aromatic carbocycles. The zero-order valence-electron chi connectivity index (χ0n) is 19.4.